The summed E-state index contributed by atoms with van der Waals surface area (Å²) in [7, 11) is 0. The molecule has 0 bridgehead atoms. The normalized spacial score (nSPS) is 19.9. The van der Waals surface area contributed by atoms with Crippen LogP contribution in [-0.4, -0.2) is 20.1 Å². The Bertz CT molecular complexity index is 707. The molecule has 1 atom stereocenters. The molecule has 2 N–H and O–H groups in total. The number of aliphatic hydroxyl groups is 1. The third kappa shape index (κ3) is 2.43. The molecule has 1 aliphatic carbocycles. The highest BCUT2D eigenvalue weighted by atomic mass is 16.3. The molecule has 0 saturated carbocycles. The lowest BCUT2D eigenvalue weighted by Crippen LogP contribution is -2.22. The molecule has 2 aromatic rings. The molecular formula is C15H15N5O. The van der Waals surface area contributed by atoms with E-state index in [-0.39, 0.29) is 0 Å². The summed E-state index contributed by atoms with van der Waals surface area (Å²) in [6, 6.07) is 5.79. The minimum absolute atomic E-state index is 0.375. The summed E-state index contributed by atoms with van der Waals surface area (Å²) in [5.41, 5.74) is 1.40. The van der Waals surface area contributed by atoms with Crippen LogP contribution < -0.4 is 5.32 Å². The Labute approximate surface area is 122 Å². The molecule has 0 saturated heterocycles. The maximum atomic E-state index is 10.6. The lowest BCUT2D eigenvalue weighted by Gasteiger charge is -2.21. The van der Waals surface area contributed by atoms with Crippen LogP contribution in [0.2, 0.25) is 0 Å². The monoisotopic (exact) mass is 281 g/mol. The quantitative estimate of drug-likeness (QED) is 0.893. The first kappa shape index (κ1) is 13.5. The third-order valence-corrected chi connectivity index (χ3v) is 3.83. The first-order valence-electron chi connectivity index (χ1n) is 6.86. The van der Waals surface area contributed by atoms with E-state index in [1.54, 1.807) is 0 Å². The van der Waals surface area contributed by atoms with E-state index in [0.717, 1.165) is 17.7 Å². The highest BCUT2D eigenvalue weighted by molar-refractivity contribution is 5.50. The summed E-state index contributed by atoms with van der Waals surface area (Å²) < 4.78 is 0. The summed E-state index contributed by atoms with van der Waals surface area (Å²) in [6.07, 6.45) is 5.10. The number of nitrogens with one attached hydrogen (secondary N) is 1. The van der Waals surface area contributed by atoms with Crippen LogP contribution in [0.25, 0.3) is 0 Å². The summed E-state index contributed by atoms with van der Waals surface area (Å²) in [6.45, 7) is 1.96. The van der Waals surface area contributed by atoms with Gasteiger partial charge in [-0.1, -0.05) is 13.0 Å². The SMILES string of the molecule is CCC1(O)CCc2ccc(Nc3ncc(C#N)cn3)nc21. The summed E-state index contributed by atoms with van der Waals surface area (Å²) >= 11 is 0. The van der Waals surface area contributed by atoms with Crippen molar-refractivity contribution < 1.29 is 5.11 Å². The van der Waals surface area contributed by atoms with Crippen molar-refractivity contribution in [2.75, 3.05) is 5.32 Å². The van der Waals surface area contributed by atoms with Gasteiger partial charge >= 0.3 is 0 Å². The van der Waals surface area contributed by atoms with Crippen LogP contribution in [0.4, 0.5) is 11.8 Å². The van der Waals surface area contributed by atoms with Crippen LogP contribution in [0, 0.1) is 11.3 Å². The van der Waals surface area contributed by atoms with E-state index >= 15 is 0 Å². The fourth-order valence-electron chi connectivity index (χ4n) is 2.53. The van der Waals surface area contributed by atoms with Crippen molar-refractivity contribution in [1.82, 2.24) is 15.0 Å². The van der Waals surface area contributed by atoms with Crippen molar-refractivity contribution in [1.29, 1.82) is 5.26 Å². The molecule has 0 spiro atoms. The predicted molar refractivity (Wildman–Crippen MR) is 76.8 cm³/mol. The van der Waals surface area contributed by atoms with Crippen LogP contribution in [-0.2, 0) is 12.0 Å². The van der Waals surface area contributed by atoms with Crippen molar-refractivity contribution >= 4 is 11.8 Å². The van der Waals surface area contributed by atoms with Crippen molar-refractivity contribution in [2.45, 2.75) is 31.8 Å². The van der Waals surface area contributed by atoms with Crippen molar-refractivity contribution in [3.05, 3.63) is 41.3 Å². The molecule has 2 aromatic heterocycles. The number of nitriles is 1. The molecule has 0 amide bonds. The maximum absolute atomic E-state index is 10.6. The van der Waals surface area contributed by atoms with Gasteiger partial charge < -0.3 is 10.4 Å². The Morgan fingerprint density at radius 3 is 2.81 bits per heavy atom. The second-order valence-electron chi connectivity index (χ2n) is 5.12. The Hall–Kier alpha value is -2.52. The highest BCUT2D eigenvalue weighted by Gasteiger charge is 2.36. The van der Waals surface area contributed by atoms with Gasteiger partial charge in [0.15, 0.2) is 0 Å². The van der Waals surface area contributed by atoms with Gasteiger partial charge in [0.05, 0.1) is 23.7 Å². The number of pyridine rings is 1. The van der Waals surface area contributed by atoms with Crippen LogP contribution in [0.1, 0.15) is 36.6 Å². The smallest absolute Gasteiger partial charge is 0.228 e. The minimum Gasteiger partial charge on any atom is -0.384 e. The molecule has 1 unspecified atom stereocenters. The van der Waals surface area contributed by atoms with Gasteiger partial charge in [-0.3, -0.25) is 0 Å². The predicted octanol–water partition coefficient (Wildman–Crippen LogP) is 2.03. The maximum Gasteiger partial charge on any atom is 0.228 e. The van der Waals surface area contributed by atoms with Crippen molar-refractivity contribution in [3.8, 4) is 6.07 Å². The van der Waals surface area contributed by atoms with E-state index in [1.807, 2.05) is 25.1 Å². The molecule has 2 heterocycles. The van der Waals surface area contributed by atoms with Crippen molar-refractivity contribution in [3.63, 3.8) is 0 Å². The second kappa shape index (κ2) is 5.11. The zero-order valence-electron chi connectivity index (χ0n) is 11.7. The standard InChI is InChI=1S/C15H15N5O/c1-2-15(21)6-5-11-3-4-12(19-13(11)15)20-14-17-8-10(7-16)9-18-14/h3-4,8-9,21H,2,5-6H2,1H3,(H,17,18,19,20). The van der Waals surface area contributed by atoms with E-state index in [1.165, 1.54) is 12.4 Å². The summed E-state index contributed by atoms with van der Waals surface area (Å²) in [5.74, 6) is 0.965. The van der Waals surface area contributed by atoms with Crippen LogP contribution in [0.3, 0.4) is 0 Å². The molecule has 1 aliphatic rings. The fraction of sp³-hybridized carbons (Fsp3) is 0.333. The lowest BCUT2D eigenvalue weighted by atomic mass is 9.98. The van der Waals surface area contributed by atoms with E-state index in [0.29, 0.717) is 30.2 Å². The van der Waals surface area contributed by atoms with Gasteiger partial charge in [0, 0.05) is 0 Å². The second-order valence-corrected chi connectivity index (χ2v) is 5.12. The summed E-state index contributed by atoms with van der Waals surface area (Å²) in [4.78, 5) is 12.6. The Balaban J connectivity index is 1.87. The number of fused-ring (bicyclic) bond motifs is 1. The van der Waals surface area contributed by atoms with Gasteiger partial charge in [0.2, 0.25) is 5.95 Å². The molecule has 21 heavy (non-hydrogen) atoms. The Morgan fingerprint density at radius 2 is 2.14 bits per heavy atom. The number of hydrogen-bond acceptors (Lipinski definition) is 6. The zero-order chi connectivity index (χ0) is 14.9. The van der Waals surface area contributed by atoms with Crippen molar-refractivity contribution in [2.24, 2.45) is 0 Å². The van der Waals surface area contributed by atoms with E-state index < -0.39 is 5.60 Å². The van der Waals surface area contributed by atoms with E-state index in [9.17, 15) is 5.11 Å². The number of anilines is 2. The van der Waals surface area contributed by atoms with Gasteiger partial charge in [-0.25, -0.2) is 15.0 Å². The average Bonchev–Trinajstić information content (AvgIpc) is 2.86. The number of nitrogens with zero attached hydrogens (tertiary/aromatic N) is 4. The van der Waals surface area contributed by atoms with Crippen LogP contribution in [0.5, 0.6) is 0 Å². The summed E-state index contributed by atoms with van der Waals surface area (Å²) in [5, 5.41) is 22.3. The fourth-order valence-corrected chi connectivity index (χ4v) is 2.53. The minimum atomic E-state index is -0.835. The molecule has 0 radical (unpaired) electrons. The molecular weight excluding hydrogens is 266 g/mol. The third-order valence-electron chi connectivity index (χ3n) is 3.83. The van der Waals surface area contributed by atoms with Gasteiger partial charge in [-0.15, -0.1) is 0 Å². The highest BCUT2D eigenvalue weighted by Crippen LogP contribution is 2.38. The largest absolute Gasteiger partial charge is 0.384 e. The molecule has 3 rings (SSSR count). The van der Waals surface area contributed by atoms with Crippen LogP contribution in [0.15, 0.2) is 24.5 Å². The molecule has 0 aliphatic heterocycles. The van der Waals surface area contributed by atoms with Crippen LogP contribution >= 0.6 is 0 Å². The first-order chi connectivity index (χ1) is 10.1. The van der Waals surface area contributed by atoms with Gasteiger partial charge in [0.25, 0.3) is 0 Å². The van der Waals surface area contributed by atoms with E-state index in [2.05, 4.69) is 20.3 Å². The molecule has 6 heteroatoms. The Morgan fingerprint density at radius 1 is 1.38 bits per heavy atom. The molecule has 6 nitrogen and oxygen atoms in total. The Kier molecular flexibility index (Phi) is 3.28. The topological polar surface area (TPSA) is 94.7 Å². The first-order valence-corrected chi connectivity index (χ1v) is 6.86. The molecule has 0 fully saturated rings. The molecule has 0 aromatic carbocycles. The van der Waals surface area contributed by atoms with Gasteiger partial charge in [0.1, 0.15) is 17.5 Å². The zero-order valence-corrected chi connectivity index (χ0v) is 11.7. The number of aromatic nitrogens is 3. The number of hydrogen-bond donors (Lipinski definition) is 2. The van der Waals surface area contributed by atoms with E-state index in [4.69, 9.17) is 5.26 Å². The number of rotatable bonds is 3. The van der Waals surface area contributed by atoms with Gasteiger partial charge in [-0.05, 0) is 30.9 Å². The van der Waals surface area contributed by atoms with Gasteiger partial charge in [-0.2, -0.15) is 5.26 Å². The average molecular weight is 281 g/mol. The molecule has 106 valence electrons. The lowest BCUT2D eigenvalue weighted by molar-refractivity contribution is 0.0307. The number of aryl methyl sites for hydroxylation is 1.